The van der Waals surface area contributed by atoms with Gasteiger partial charge in [0.15, 0.2) is 0 Å². The number of alkyl halides is 1. The second-order valence-corrected chi connectivity index (χ2v) is 6.38. The number of hydrogen-bond donors (Lipinski definition) is 1. The molecule has 1 aromatic carbocycles. The summed E-state index contributed by atoms with van der Waals surface area (Å²) in [6.45, 7) is 5.45. The van der Waals surface area contributed by atoms with Gasteiger partial charge in [0.1, 0.15) is 11.4 Å². The van der Waals surface area contributed by atoms with Crippen molar-refractivity contribution in [3.63, 3.8) is 0 Å². The minimum Gasteiger partial charge on any atom is -0.444 e. The van der Waals surface area contributed by atoms with E-state index in [1.165, 1.54) is 0 Å². The lowest BCUT2D eigenvalue weighted by atomic mass is 10.0. The van der Waals surface area contributed by atoms with Gasteiger partial charge >= 0.3 is 6.09 Å². The highest BCUT2D eigenvalue weighted by molar-refractivity contribution is 9.09. The number of benzene rings is 1. The lowest BCUT2D eigenvalue weighted by molar-refractivity contribution is -0.116. The third-order valence-electron chi connectivity index (χ3n) is 2.75. The third kappa shape index (κ3) is 7.27. The summed E-state index contributed by atoms with van der Waals surface area (Å²) < 4.78 is 5.28. The fraction of sp³-hybridized carbons (Fsp3) is 0.500. The van der Waals surface area contributed by atoms with E-state index >= 15 is 0 Å². The summed E-state index contributed by atoms with van der Waals surface area (Å²) >= 11 is 3.15. The molecule has 0 aliphatic carbocycles. The molecule has 116 valence electrons. The number of carbonyl (C=O) groups excluding carboxylic acids is 2. The van der Waals surface area contributed by atoms with Crippen molar-refractivity contribution in [2.75, 3.05) is 5.33 Å². The molecule has 0 bridgehead atoms. The van der Waals surface area contributed by atoms with Gasteiger partial charge in [-0.05, 0) is 32.8 Å². The first-order valence-corrected chi connectivity index (χ1v) is 8.06. The van der Waals surface area contributed by atoms with Crippen LogP contribution in [0.3, 0.4) is 0 Å². The first-order chi connectivity index (χ1) is 9.81. The summed E-state index contributed by atoms with van der Waals surface area (Å²) in [5, 5.41) is 3.17. The fourth-order valence-corrected chi connectivity index (χ4v) is 2.11. The van der Waals surface area contributed by atoms with Crippen LogP contribution in [0.2, 0.25) is 0 Å². The molecule has 5 heteroatoms. The Morgan fingerprint density at radius 1 is 1.24 bits per heavy atom. The Bertz CT molecular complexity index is 468. The molecule has 1 amide bonds. The second kappa shape index (κ2) is 8.17. The largest absolute Gasteiger partial charge is 0.444 e. The van der Waals surface area contributed by atoms with E-state index in [1.807, 2.05) is 51.1 Å². The van der Waals surface area contributed by atoms with Crippen molar-refractivity contribution < 1.29 is 14.3 Å². The molecule has 21 heavy (non-hydrogen) atoms. The zero-order chi connectivity index (χ0) is 15.9. The SMILES string of the molecule is CC(C)(C)OC(=O)NC(CCC(=O)CBr)c1ccccc1. The average molecular weight is 356 g/mol. The summed E-state index contributed by atoms with van der Waals surface area (Å²) in [6, 6.07) is 9.36. The van der Waals surface area contributed by atoms with Crippen LogP contribution in [-0.4, -0.2) is 22.8 Å². The van der Waals surface area contributed by atoms with Crippen molar-refractivity contribution >= 4 is 27.8 Å². The zero-order valence-corrected chi connectivity index (χ0v) is 14.3. The molecule has 0 heterocycles. The first-order valence-electron chi connectivity index (χ1n) is 6.94. The molecule has 1 rings (SSSR count). The van der Waals surface area contributed by atoms with Crippen molar-refractivity contribution in [2.24, 2.45) is 0 Å². The van der Waals surface area contributed by atoms with Gasteiger partial charge < -0.3 is 10.1 Å². The van der Waals surface area contributed by atoms with E-state index in [2.05, 4.69) is 21.2 Å². The summed E-state index contributed by atoms with van der Waals surface area (Å²) in [7, 11) is 0. The van der Waals surface area contributed by atoms with Crippen LogP contribution in [0.15, 0.2) is 30.3 Å². The fourth-order valence-electron chi connectivity index (χ4n) is 1.83. The molecule has 0 aromatic heterocycles. The lowest BCUT2D eigenvalue weighted by Crippen LogP contribution is -2.35. The van der Waals surface area contributed by atoms with Gasteiger partial charge in [-0.2, -0.15) is 0 Å². The number of carbonyl (C=O) groups is 2. The van der Waals surface area contributed by atoms with Gasteiger partial charge in [0.05, 0.1) is 11.4 Å². The van der Waals surface area contributed by atoms with E-state index in [1.54, 1.807) is 0 Å². The first kappa shape index (κ1) is 17.7. The monoisotopic (exact) mass is 355 g/mol. The van der Waals surface area contributed by atoms with Crippen molar-refractivity contribution in [1.29, 1.82) is 0 Å². The maximum Gasteiger partial charge on any atom is 0.408 e. The van der Waals surface area contributed by atoms with E-state index < -0.39 is 11.7 Å². The summed E-state index contributed by atoms with van der Waals surface area (Å²) in [5.74, 6) is 0.113. The molecular formula is C16H22BrNO3. The van der Waals surface area contributed by atoms with E-state index in [4.69, 9.17) is 4.74 Å². The Hall–Kier alpha value is -1.36. The lowest BCUT2D eigenvalue weighted by Gasteiger charge is -2.24. The van der Waals surface area contributed by atoms with Crippen molar-refractivity contribution in [3.8, 4) is 0 Å². The quantitative estimate of drug-likeness (QED) is 0.784. The van der Waals surface area contributed by atoms with Crippen LogP contribution in [0.5, 0.6) is 0 Å². The van der Waals surface area contributed by atoms with Gasteiger partial charge in [-0.3, -0.25) is 4.79 Å². The predicted molar refractivity (Wildman–Crippen MR) is 86.6 cm³/mol. The number of ketones is 1. The smallest absolute Gasteiger partial charge is 0.408 e. The van der Waals surface area contributed by atoms with Crippen LogP contribution < -0.4 is 5.32 Å². The molecule has 0 fully saturated rings. The van der Waals surface area contributed by atoms with Gasteiger partial charge in [-0.25, -0.2) is 4.79 Å². The number of ether oxygens (including phenoxy) is 1. The highest BCUT2D eigenvalue weighted by atomic mass is 79.9. The molecule has 0 saturated heterocycles. The Labute approximate surface area is 134 Å². The number of hydrogen-bond acceptors (Lipinski definition) is 3. The molecule has 0 aliphatic rings. The van der Waals surface area contributed by atoms with Gasteiger partial charge in [0.25, 0.3) is 0 Å². The molecule has 0 aliphatic heterocycles. The Morgan fingerprint density at radius 3 is 2.38 bits per heavy atom. The number of Topliss-reactive ketones (excluding diaryl/α,β-unsaturated/α-hetero) is 1. The van der Waals surface area contributed by atoms with Gasteiger partial charge in [0.2, 0.25) is 0 Å². The maximum absolute atomic E-state index is 11.9. The average Bonchev–Trinajstić information content (AvgIpc) is 2.42. The Balaban J connectivity index is 2.73. The standard InChI is InChI=1S/C16H22BrNO3/c1-16(2,3)21-15(20)18-14(10-9-13(19)11-17)12-7-5-4-6-8-12/h4-8,14H,9-11H2,1-3H3,(H,18,20). The minimum absolute atomic E-state index is 0.113. The Morgan fingerprint density at radius 2 is 1.86 bits per heavy atom. The normalized spacial score (nSPS) is 12.6. The molecule has 0 saturated carbocycles. The highest BCUT2D eigenvalue weighted by Crippen LogP contribution is 2.20. The summed E-state index contributed by atoms with van der Waals surface area (Å²) in [4.78, 5) is 23.4. The van der Waals surface area contributed by atoms with Crippen LogP contribution >= 0.6 is 15.9 Å². The Kier molecular flexibility index (Phi) is 6.89. The number of alkyl carbamates (subject to hydrolysis) is 1. The molecule has 4 nitrogen and oxygen atoms in total. The molecule has 0 spiro atoms. The van der Waals surface area contributed by atoms with Crippen LogP contribution in [0.25, 0.3) is 0 Å². The predicted octanol–water partition coefficient (Wildman–Crippen LogP) is 4.00. The van der Waals surface area contributed by atoms with Crippen molar-refractivity contribution in [3.05, 3.63) is 35.9 Å². The molecule has 0 radical (unpaired) electrons. The van der Waals surface area contributed by atoms with Crippen LogP contribution in [0, 0.1) is 0 Å². The number of nitrogens with one attached hydrogen (secondary N) is 1. The van der Waals surface area contributed by atoms with Gasteiger partial charge in [0, 0.05) is 6.42 Å². The van der Waals surface area contributed by atoms with E-state index in [-0.39, 0.29) is 11.8 Å². The topological polar surface area (TPSA) is 55.4 Å². The molecule has 1 atom stereocenters. The maximum atomic E-state index is 11.9. The molecular weight excluding hydrogens is 334 g/mol. The van der Waals surface area contributed by atoms with Crippen LogP contribution in [0.1, 0.15) is 45.2 Å². The van der Waals surface area contributed by atoms with E-state index in [0.29, 0.717) is 18.2 Å². The van der Waals surface area contributed by atoms with E-state index in [9.17, 15) is 9.59 Å². The second-order valence-electron chi connectivity index (χ2n) is 5.82. The molecule has 1 aromatic rings. The molecule has 1 N–H and O–H groups in total. The van der Waals surface area contributed by atoms with Crippen molar-refractivity contribution in [1.82, 2.24) is 5.32 Å². The van der Waals surface area contributed by atoms with Crippen LogP contribution in [-0.2, 0) is 9.53 Å². The number of rotatable bonds is 6. The van der Waals surface area contributed by atoms with Crippen LogP contribution in [0.4, 0.5) is 4.79 Å². The van der Waals surface area contributed by atoms with Gasteiger partial charge in [-0.1, -0.05) is 46.3 Å². The summed E-state index contributed by atoms with van der Waals surface area (Å²) in [5.41, 5.74) is 0.419. The molecule has 1 unspecified atom stereocenters. The number of halogens is 1. The zero-order valence-electron chi connectivity index (χ0n) is 12.7. The highest BCUT2D eigenvalue weighted by Gasteiger charge is 2.21. The summed E-state index contributed by atoms with van der Waals surface area (Å²) in [6.07, 6.45) is 0.483. The van der Waals surface area contributed by atoms with E-state index in [0.717, 1.165) is 5.56 Å². The third-order valence-corrected chi connectivity index (χ3v) is 3.38. The van der Waals surface area contributed by atoms with Crippen molar-refractivity contribution in [2.45, 2.75) is 45.3 Å². The van der Waals surface area contributed by atoms with Gasteiger partial charge in [-0.15, -0.1) is 0 Å². The minimum atomic E-state index is -0.545. The number of amides is 1.